The summed E-state index contributed by atoms with van der Waals surface area (Å²) >= 11 is 0. The van der Waals surface area contributed by atoms with Gasteiger partial charge in [-0.15, -0.1) is 0 Å². The molecule has 0 aliphatic rings. The molecule has 3 N–H and O–H groups in total. The van der Waals surface area contributed by atoms with E-state index in [0.29, 0.717) is 25.7 Å². The molecule has 5 atom stereocenters. The highest BCUT2D eigenvalue weighted by molar-refractivity contribution is 7.47. The molecule has 0 aliphatic carbocycles. The number of aliphatic hydroxyl groups is 1. The zero-order chi connectivity index (χ0) is 76.7. The summed E-state index contributed by atoms with van der Waals surface area (Å²) in [5.74, 6) is -2.10. The maximum absolute atomic E-state index is 13.1. The Morgan fingerprint density at radius 3 is 0.562 bits per heavy atom. The number of hydrogen-bond donors (Lipinski definition) is 3. The van der Waals surface area contributed by atoms with Crippen LogP contribution in [0.1, 0.15) is 471 Å². The fourth-order valence-corrected chi connectivity index (χ4v) is 15.1. The summed E-state index contributed by atoms with van der Waals surface area (Å²) in [5, 5.41) is 10.7. The fraction of sp³-hybridized carbons (Fsp3) is 0.953. The standard InChI is InChI=1S/C86H168O17P2/c1-5-9-13-17-21-25-29-33-36-38-39-40-41-42-43-46-49-53-57-61-65-69-73-86(91)103-82(77-97-84(89)71-67-63-59-55-51-47-45-37-34-30-26-22-18-14-10-6-2)79-101-105(94,95)99-75-80(87)74-98-104(92,93)100-78-81(76-96-83(88)70-66-62-58-54-50-32-28-24-20-16-12-8-4)102-85(90)72-68-64-60-56-52-48-44-35-31-27-23-19-15-11-7-3/h80-82,87H,5-79H2,1-4H3,(H,92,93)(H,94,95)/t80-,81+,82+/m0/s1. The van der Waals surface area contributed by atoms with Gasteiger partial charge in [-0.25, -0.2) is 9.13 Å². The molecule has 0 bridgehead atoms. The molecule has 0 radical (unpaired) electrons. The van der Waals surface area contributed by atoms with E-state index in [1.807, 2.05) is 0 Å². The van der Waals surface area contributed by atoms with E-state index in [1.165, 1.54) is 302 Å². The van der Waals surface area contributed by atoms with Crippen molar-refractivity contribution in [1.82, 2.24) is 0 Å². The molecule has 17 nitrogen and oxygen atoms in total. The van der Waals surface area contributed by atoms with Crippen molar-refractivity contribution in [3.05, 3.63) is 0 Å². The molecule has 105 heavy (non-hydrogen) atoms. The quantitative estimate of drug-likeness (QED) is 0.0222. The molecule has 0 heterocycles. The number of hydrogen-bond acceptors (Lipinski definition) is 15. The second-order valence-corrected chi connectivity index (χ2v) is 33.8. The van der Waals surface area contributed by atoms with E-state index in [4.69, 9.17) is 37.0 Å². The lowest BCUT2D eigenvalue weighted by Crippen LogP contribution is -2.30. The van der Waals surface area contributed by atoms with E-state index in [0.717, 1.165) is 89.9 Å². The van der Waals surface area contributed by atoms with Gasteiger partial charge < -0.3 is 33.8 Å². The zero-order valence-corrected chi connectivity index (χ0v) is 70.5. The molecular weight excluding hydrogens is 1370 g/mol. The van der Waals surface area contributed by atoms with Crippen molar-refractivity contribution in [2.24, 2.45) is 0 Å². The third kappa shape index (κ3) is 79.9. The molecular formula is C86H168O17P2. The van der Waals surface area contributed by atoms with Crippen molar-refractivity contribution >= 4 is 39.5 Å². The van der Waals surface area contributed by atoms with Gasteiger partial charge in [-0.3, -0.25) is 37.3 Å². The number of rotatable bonds is 87. The predicted molar refractivity (Wildman–Crippen MR) is 432 cm³/mol. The van der Waals surface area contributed by atoms with Crippen LogP contribution in [0, 0.1) is 0 Å². The zero-order valence-electron chi connectivity index (χ0n) is 68.7. The molecule has 0 amide bonds. The number of unbranched alkanes of at least 4 members (excludes halogenated alkanes) is 61. The molecule has 0 aliphatic heterocycles. The first-order valence-corrected chi connectivity index (χ1v) is 47.8. The van der Waals surface area contributed by atoms with Crippen LogP contribution in [-0.4, -0.2) is 96.7 Å². The normalized spacial score (nSPS) is 13.7. The molecule has 0 rings (SSSR count). The van der Waals surface area contributed by atoms with Crippen LogP contribution in [0.15, 0.2) is 0 Å². The highest BCUT2D eigenvalue weighted by atomic mass is 31.2. The summed E-state index contributed by atoms with van der Waals surface area (Å²) in [6.45, 7) is 5.06. The van der Waals surface area contributed by atoms with Gasteiger partial charge in [0.05, 0.1) is 26.4 Å². The van der Waals surface area contributed by atoms with Crippen molar-refractivity contribution < 1.29 is 80.2 Å². The van der Waals surface area contributed by atoms with Crippen LogP contribution in [0.2, 0.25) is 0 Å². The van der Waals surface area contributed by atoms with E-state index in [2.05, 4.69) is 27.7 Å². The number of phosphoric ester groups is 2. The van der Waals surface area contributed by atoms with E-state index in [9.17, 15) is 43.2 Å². The molecule has 2 unspecified atom stereocenters. The fourth-order valence-electron chi connectivity index (χ4n) is 13.5. The van der Waals surface area contributed by atoms with Crippen molar-refractivity contribution in [2.75, 3.05) is 39.6 Å². The van der Waals surface area contributed by atoms with Crippen LogP contribution >= 0.6 is 15.6 Å². The number of phosphoric acid groups is 2. The van der Waals surface area contributed by atoms with Gasteiger partial charge in [0.2, 0.25) is 0 Å². The number of ether oxygens (including phenoxy) is 4. The summed E-state index contributed by atoms with van der Waals surface area (Å²) in [6.07, 6.45) is 74.9. The largest absolute Gasteiger partial charge is 0.472 e. The Balaban J connectivity index is 5.23. The van der Waals surface area contributed by atoms with E-state index in [-0.39, 0.29) is 25.7 Å². The Labute approximate surface area is 645 Å². The van der Waals surface area contributed by atoms with Gasteiger partial charge in [-0.05, 0) is 25.7 Å². The van der Waals surface area contributed by atoms with Gasteiger partial charge in [0, 0.05) is 25.7 Å². The highest BCUT2D eigenvalue weighted by Crippen LogP contribution is 2.45. The van der Waals surface area contributed by atoms with Crippen LogP contribution in [0.25, 0.3) is 0 Å². The van der Waals surface area contributed by atoms with Gasteiger partial charge in [-0.1, -0.05) is 419 Å². The minimum atomic E-state index is -4.96. The van der Waals surface area contributed by atoms with Crippen molar-refractivity contribution in [2.45, 2.75) is 489 Å². The predicted octanol–water partition coefficient (Wildman–Crippen LogP) is 26.5. The van der Waals surface area contributed by atoms with Gasteiger partial charge in [0.25, 0.3) is 0 Å². The Morgan fingerprint density at radius 1 is 0.229 bits per heavy atom. The van der Waals surface area contributed by atoms with Crippen molar-refractivity contribution in [3.8, 4) is 0 Å². The molecule has 0 aromatic heterocycles. The van der Waals surface area contributed by atoms with Crippen molar-refractivity contribution in [1.29, 1.82) is 0 Å². The van der Waals surface area contributed by atoms with Crippen molar-refractivity contribution in [3.63, 3.8) is 0 Å². The summed E-state index contributed by atoms with van der Waals surface area (Å²) < 4.78 is 68.9. The van der Waals surface area contributed by atoms with E-state index < -0.39 is 97.5 Å². The number of esters is 4. The first kappa shape index (κ1) is 103. The lowest BCUT2D eigenvalue weighted by atomic mass is 10.0. The third-order valence-electron chi connectivity index (χ3n) is 20.4. The average molecular weight is 1540 g/mol. The van der Waals surface area contributed by atoms with Crippen LogP contribution in [-0.2, 0) is 65.4 Å². The number of carbonyl (C=O) groups is 4. The first-order chi connectivity index (χ1) is 51.2. The molecule has 0 fully saturated rings. The lowest BCUT2D eigenvalue weighted by molar-refractivity contribution is -0.161. The lowest BCUT2D eigenvalue weighted by Gasteiger charge is -2.21. The average Bonchev–Trinajstić information content (AvgIpc) is 0.921. The Kier molecular flexibility index (Phi) is 78.6. The summed E-state index contributed by atoms with van der Waals surface area (Å²) in [4.78, 5) is 73.2. The summed E-state index contributed by atoms with van der Waals surface area (Å²) in [7, 11) is -9.93. The van der Waals surface area contributed by atoms with Crippen LogP contribution in [0.5, 0.6) is 0 Å². The Morgan fingerprint density at radius 2 is 0.381 bits per heavy atom. The Hall–Kier alpha value is -1.94. The minimum absolute atomic E-state index is 0.109. The van der Waals surface area contributed by atoms with Crippen LogP contribution in [0.3, 0.4) is 0 Å². The second kappa shape index (κ2) is 80.1. The molecule has 0 aromatic carbocycles. The van der Waals surface area contributed by atoms with E-state index >= 15 is 0 Å². The van der Waals surface area contributed by atoms with Gasteiger partial charge in [0.1, 0.15) is 19.3 Å². The summed E-state index contributed by atoms with van der Waals surface area (Å²) in [6, 6.07) is 0. The summed E-state index contributed by atoms with van der Waals surface area (Å²) in [5.41, 5.74) is 0. The third-order valence-corrected chi connectivity index (χ3v) is 22.3. The second-order valence-electron chi connectivity index (χ2n) is 30.9. The molecule has 0 saturated heterocycles. The van der Waals surface area contributed by atoms with Gasteiger partial charge in [0.15, 0.2) is 12.2 Å². The minimum Gasteiger partial charge on any atom is -0.462 e. The molecule has 0 saturated carbocycles. The molecule has 624 valence electrons. The smallest absolute Gasteiger partial charge is 0.462 e. The molecule has 0 spiro atoms. The van der Waals surface area contributed by atoms with Gasteiger partial charge in [-0.2, -0.15) is 0 Å². The van der Waals surface area contributed by atoms with Crippen LogP contribution < -0.4 is 0 Å². The first-order valence-electron chi connectivity index (χ1n) is 44.8. The van der Waals surface area contributed by atoms with Gasteiger partial charge >= 0.3 is 39.5 Å². The SMILES string of the molecule is CCCCCCCCCCCCCCCCCCCCCCCCC(=O)O[C@H](COC(=O)CCCCCCCCCCCCCCCCCC)COP(=O)(O)OC[C@@H](O)COP(=O)(O)OC[C@@H](COC(=O)CCCCCCCCCCCCCC)OC(=O)CCCCCCCCCCCCCCCCC. The van der Waals surface area contributed by atoms with E-state index in [1.54, 1.807) is 0 Å². The number of carbonyl (C=O) groups excluding carboxylic acids is 4. The van der Waals surface area contributed by atoms with Crippen LogP contribution in [0.4, 0.5) is 0 Å². The molecule has 0 aromatic rings. The Bertz CT molecular complexity index is 1980. The molecule has 19 heteroatoms. The highest BCUT2D eigenvalue weighted by Gasteiger charge is 2.30. The maximum Gasteiger partial charge on any atom is 0.472 e. The maximum atomic E-state index is 13.1. The number of aliphatic hydroxyl groups excluding tert-OH is 1. The monoisotopic (exact) mass is 1540 g/mol. The topological polar surface area (TPSA) is 237 Å².